The van der Waals surface area contributed by atoms with Crippen molar-refractivity contribution in [3.8, 4) is 0 Å². The van der Waals surface area contributed by atoms with Crippen LogP contribution in [0.3, 0.4) is 0 Å². The third-order valence-electron chi connectivity index (χ3n) is 3.71. The molecule has 17 heavy (non-hydrogen) atoms. The maximum Gasteiger partial charge on any atom is 0.165 e. The minimum atomic E-state index is 0.250. The number of rotatable bonds is 2. The quantitative estimate of drug-likeness (QED) is 0.718. The fraction of sp³-hybridized carbons (Fsp3) is 0.533. The van der Waals surface area contributed by atoms with Crippen LogP contribution in [0.15, 0.2) is 22.7 Å². The summed E-state index contributed by atoms with van der Waals surface area (Å²) in [4.78, 5) is 12.4. The molecule has 0 spiro atoms. The van der Waals surface area contributed by atoms with Gasteiger partial charge in [0.25, 0.3) is 0 Å². The maximum atomic E-state index is 12.4. The zero-order valence-electron chi connectivity index (χ0n) is 10.5. The fourth-order valence-electron chi connectivity index (χ4n) is 2.64. The number of carbonyl (C=O) groups excluding carboxylic acids is 1. The van der Waals surface area contributed by atoms with Crippen molar-refractivity contribution in [2.24, 2.45) is 11.8 Å². The number of hydrogen-bond donors (Lipinski definition) is 0. The molecule has 0 aromatic heterocycles. The highest BCUT2D eigenvalue weighted by Crippen LogP contribution is 2.31. The van der Waals surface area contributed by atoms with Crippen LogP contribution < -0.4 is 0 Å². The van der Waals surface area contributed by atoms with Gasteiger partial charge in [-0.05, 0) is 49.4 Å². The predicted molar refractivity (Wildman–Crippen MR) is 74.3 cm³/mol. The molecular formula is C15H19BrO. The number of ketones is 1. The highest BCUT2D eigenvalue weighted by Gasteiger charge is 2.25. The molecular weight excluding hydrogens is 276 g/mol. The Balaban J connectivity index is 2.14. The van der Waals surface area contributed by atoms with E-state index in [2.05, 4.69) is 22.9 Å². The van der Waals surface area contributed by atoms with Crippen molar-refractivity contribution >= 4 is 21.7 Å². The average Bonchev–Trinajstić information content (AvgIpc) is 2.28. The number of hydrogen-bond acceptors (Lipinski definition) is 1. The summed E-state index contributed by atoms with van der Waals surface area (Å²) in [5, 5.41) is 0. The molecule has 1 aliphatic carbocycles. The van der Waals surface area contributed by atoms with Gasteiger partial charge in [0.05, 0.1) is 0 Å². The Hall–Kier alpha value is -0.630. The highest BCUT2D eigenvalue weighted by molar-refractivity contribution is 9.10. The minimum Gasteiger partial charge on any atom is -0.294 e. The zero-order valence-corrected chi connectivity index (χ0v) is 12.1. The third-order valence-corrected chi connectivity index (χ3v) is 4.17. The van der Waals surface area contributed by atoms with E-state index in [4.69, 9.17) is 0 Å². The van der Waals surface area contributed by atoms with E-state index in [-0.39, 0.29) is 5.92 Å². The van der Waals surface area contributed by atoms with Gasteiger partial charge in [-0.3, -0.25) is 4.79 Å². The lowest BCUT2D eigenvalue weighted by Gasteiger charge is -2.25. The lowest BCUT2D eigenvalue weighted by molar-refractivity contribution is 0.0875. The molecule has 0 bridgehead atoms. The lowest BCUT2D eigenvalue weighted by atomic mass is 9.79. The van der Waals surface area contributed by atoms with Crippen LogP contribution in [0.5, 0.6) is 0 Å². The molecule has 1 aliphatic rings. The largest absolute Gasteiger partial charge is 0.294 e. The van der Waals surface area contributed by atoms with Crippen molar-refractivity contribution in [2.45, 2.75) is 39.5 Å². The Morgan fingerprint density at radius 2 is 1.82 bits per heavy atom. The summed E-state index contributed by atoms with van der Waals surface area (Å²) in [6.07, 6.45) is 4.52. The molecule has 1 aromatic rings. The van der Waals surface area contributed by atoms with Crippen LogP contribution in [0, 0.1) is 18.8 Å². The molecule has 1 fully saturated rings. The minimum absolute atomic E-state index is 0.250. The fourth-order valence-corrected chi connectivity index (χ4v) is 3.24. The summed E-state index contributed by atoms with van der Waals surface area (Å²) in [5.41, 5.74) is 2.02. The maximum absolute atomic E-state index is 12.4. The first-order chi connectivity index (χ1) is 8.06. The first-order valence-electron chi connectivity index (χ1n) is 6.37. The van der Waals surface area contributed by atoms with Gasteiger partial charge in [0.2, 0.25) is 0 Å². The number of carbonyl (C=O) groups is 1. The Labute approximate surface area is 112 Å². The van der Waals surface area contributed by atoms with Crippen molar-refractivity contribution in [1.82, 2.24) is 0 Å². The summed E-state index contributed by atoms with van der Waals surface area (Å²) in [6.45, 7) is 4.31. The van der Waals surface area contributed by atoms with Crippen LogP contribution in [-0.2, 0) is 0 Å². The number of Topliss-reactive ketones (excluding diaryl/α,β-unsaturated/α-hetero) is 1. The van der Waals surface area contributed by atoms with Gasteiger partial charge in [-0.2, -0.15) is 0 Å². The van der Waals surface area contributed by atoms with Crippen LogP contribution in [0.4, 0.5) is 0 Å². The second-order valence-corrected chi connectivity index (χ2v) is 6.25. The van der Waals surface area contributed by atoms with Crippen LogP contribution in [0.1, 0.15) is 48.5 Å². The predicted octanol–water partition coefficient (Wildman–Crippen LogP) is 4.77. The Morgan fingerprint density at radius 3 is 2.41 bits per heavy atom. The van der Waals surface area contributed by atoms with Gasteiger partial charge in [0.15, 0.2) is 5.78 Å². The molecule has 1 saturated carbocycles. The molecule has 0 atom stereocenters. The summed E-state index contributed by atoms with van der Waals surface area (Å²) in [5.74, 6) is 1.38. The Bertz CT molecular complexity index is 397. The normalized spacial score (nSPS) is 24.6. The van der Waals surface area contributed by atoms with Gasteiger partial charge in [0.1, 0.15) is 0 Å². The van der Waals surface area contributed by atoms with Crippen LogP contribution in [0.2, 0.25) is 0 Å². The van der Waals surface area contributed by atoms with E-state index < -0.39 is 0 Å². The summed E-state index contributed by atoms with van der Waals surface area (Å²) in [6, 6.07) is 6.00. The van der Waals surface area contributed by atoms with Crippen molar-refractivity contribution in [3.05, 3.63) is 33.8 Å². The van der Waals surface area contributed by atoms with E-state index in [1.165, 1.54) is 12.8 Å². The Morgan fingerprint density at radius 1 is 1.18 bits per heavy atom. The molecule has 2 heteroatoms. The lowest BCUT2D eigenvalue weighted by Crippen LogP contribution is -2.21. The van der Waals surface area contributed by atoms with E-state index in [0.717, 1.165) is 34.4 Å². The first kappa shape index (κ1) is 12.8. The summed E-state index contributed by atoms with van der Waals surface area (Å²) >= 11 is 3.46. The van der Waals surface area contributed by atoms with Gasteiger partial charge in [-0.15, -0.1) is 0 Å². The van der Waals surface area contributed by atoms with Gasteiger partial charge < -0.3 is 0 Å². The second kappa shape index (κ2) is 5.34. The van der Waals surface area contributed by atoms with E-state index in [0.29, 0.717) is 5.78 Å². The van der Waals surface area contributed by atoms with Gasteiger partial charge in [-0.25, -0.2) is 0 Å². The molecule has 2 rings (SSSR count). The molecule has 1 aromatic carbocycles. The van der Waals surface area contributed by atoms with Crippen LogP contribution >= 0.6 is 15.9 Å². The van der Waals surface area contributed by atoms with Crippen molar-refractivity contribution in [2.75, 3.05) is 0 Å². The van der Waals surface area contributed by atoms with Crippen molar-refractivity contribution in [1.29, 1.82) is 0 Å². The molecule has 1 nitrogen and oxygen atoms in total. The third kappa shape index (κ3) is 3.19. The first-order valence-corrected chi connectivity index (χ1v) is 7.17. The number of halogens is 1. The smallest absolute Gasteiger partial charge is 0.165 e. The van der Waals surface area contributed by atoms with Crippen LogP contribution in [-0.4, -0.2) is 5.78 Å². The van der Waals surface area contributed by atoms with Crippen molar-refractivity contribution < 1.29 is 4.79 Å². The van der Waals surface area contributed by atoms with E-state index in [9.17, 15) is 4.79 Å². The topological polar surface area (TPSA) is 17.1 Å². The molecule has 0 saturated heterocycles. The van der Waals surface area contributed by atoms with Gasteiger partial charge in [0, 0.05) is 16.0 Å². The molecule has 0 radical (unpaired) electrons. The van der Waals surface area contributed by atoms with Crippen LogP contribution in [0.25, 0.3) is 0 Å². The van der Waals surface area contributed by atoms with E-state index in [1.54, 1.807) is 0 Å². The number of aryl methyl sites for hydroxylation is 1. The molecule has 0 heterocycles. The molecule has 92 valence electrons. The molecule has 0 amide bonds. The standard InChI is InChI=1S/C15H19BrO/c1-10-3-5-12(6-4-10)15(17)13-7-11(2)8-14(16)9-13/h7-10,12H,3-6H2,1-2H3. The van der Waals surface area contributed by atoms with Crippen molar-refractivity contribution in [3.63, 3.8) is 0 Å². The summed E-state index contributed by atoms with van der Waals surface area (Å²) in [7, 11) is 0. The average molecular weight is 295 g/mol. The SMILES string of the molecule is Cc1cc(Br)cc(C(=O)C2CCC(C)CC2)c1. The second-order valence-electron chi connectivity index (χ2n) is 5.34. The summed E-state index contributed by atoms with van der Waals surface area (Å²) < 4.78 is 1.00. The molecule has 0 unspecified atom stereocenters. The monoisotopic (exact) mass is 294 g/mol. The Kier molecular flexibility index (Phi) is 4.03. The van der Waals surface area contributed by atoms with Gasteiger partial charge >= 0.3 is 0 Å². The molecule has 0 N–H and O–H groups in total. The van der Waals surface area contributed by atoms with Gasteiger partial charge in [-0.1, -0.05) is 35.7 Å². The van der Waals surface area contributed by atoms with E-state index >= 15 is 0 Å². The number of benzene rings is 1. The molecule has 0 aliphatic heterocycles. The van der Waals surface area contributed by atoms with E-state index in [1.807, 2.05) is 25.1 Å². The zero-order chi connectivity index (χ0) is 12.4. The highest BCUT2D eigenvalue weighted by atomic mass is 79.9.